The lowest BCUT2D eigenvalue weighted by Gasteiger charge is -2.12. The Labute approximate surface area is 181 Å². The monoisotopic (exact) mass is 436 g/mol. The SMILES string of the molecule is Cc1cc(-c2nc3ccccc3s2)ccc1NS(=O)(=O)c1ccc(CC(C)C)cc1. The van der Waals surface area contributed by atoms with E-state index in [-0.39, 0.29) is 4.90 Å². The Morgan fingerprint density at radius 3 is 2.40 bits per heavy atom. The van der Waals surface area contributed by atoms with Crippen LogP contribution in [0.15, 0.2) is 71.6 Å². The van der Waals surface area contributed by atoms with Gasteiger partial charge in [-0.3, -0.25) is 4.72 Å². The Kier molecular flexibility index (Phi) is 5.62. The number of thiazole rings is 1. The molecule has 1 aromatic heterocycles. The van der Waals surface area contributed by atoms with Gasteiger partial charge in [0.05, 0.1) is 20.8 Å². The summed E-state index contributed by atoms with van der Waals surface area (Å²) in [5.41, 5.74) is 4.52. The summed E-state index contributed by atoms with van der Waals surface area (Å²) in [5.74, 6) is 0.530. The molecule has 30 heavy (non-hydrogen) atoms. The molecule has 4 aromatic rings. The van der Waals surface area contributed by atoms with Crippen LogP contribution in [0.3, 0.4) is 0 Å². The third-order valence-corrected chi connectivity index (χ3v) is 7.36. The summed E-state index contributed by atoms with van der Waals surface area (Å²) < 4.78 is 29.5. The minimum Gasteiger partial charge on any atom is -0.279 e. The van der Waals surface area contributed by atoms with Crippen molar-refractivity contribution in [1.29, 1.82) is 0 Å². The normalized spacial score (nSPS) is 11.9. The molecule has 0 aliphatic carbocycles. The van der Waals surface area contributed by atoms with Gasteiger partial charge >= 0.3 is 0 Å². The molecule has 0 aliphatic heterocycles. The second-order valence-electron chi connectivity index (χ2n) is 7.86. The Bertz CT molecular complexity index is 1260. The van der Waals surface area contributed by atoms with E-state index in [4.69, 9.17) is 0 Å². The van der Waals surface area contributed by atoms with Gasteiger partial charge in [0.25, 0.3) is 10.0 Å². The summed E-state index contributed by atoms with van der Waals surface area (Å²) in [6.45, 7) is 6.19. The number of hydrogen-bond acceptors (Lipinski definition) is 4. The number of aromatic nitrogens is 1. The number of para-hydroxylation sites is 1. The largest absolute Gasteiger partial charge is 0.279 e. The molecule has 0 atom stereocenters. The molecule has 154 valence electrons. The van der Waals surface area contributed by atoms with Crippen molar-refractivity contribution >= 4 is 37.3 Å². The van der Waals surface area contributed by atoms with Gasteiger partial charge in [-0.15, -0.1) is 11.3 Å². The summed E-state index contributed by atoms with van der Waals surface area (Å²) in [6, 6.07) is 20.8. The quantitative estimate of drug-likeness (QED) is 0.387. The predicted molar refractivity (Wildman–Crippen MR) is 126 cm³/mol. The van der Waals surface area contributed by atoms with Crippen molar-refractivity contribution in [2.24, 2.45) is 5.92 Å². The molecule has 1 heterocycles. The molecule has 4 rings (SSSR count). The summed E-state index contributed by atoms with van der Waals surface area (Å²) in [4.78, 5) is 4.95. The van der Waals surface area contributed by atoms with E-state index in [1.165, 1.54) is 0 Å². The van der Waals surface area contributed by atoms with Crippen molar-refractivity contribution in [3.63, 3.8) is 0 Å². The van der Waals surface area contributed by atoms with E-state index in [1.807, 2.05) is 49.4 Å². The van der Waals surface area contributed by atoms with Crippen LogP contribution in [0, 0.1) is 12.8 Å². The van der Waals surface area contributed by atoms with Crippen LogP contribution in [0.1, 0.15) is 25.0 Å². The van der Waals surface area contributed by atoms with E-state index in [0.717, 1.165) is 38.3 Å². The fourth-order valence-electron chi connectivity index (χ4n) is 3.39. The van der Waals surface area contributed by atoms with E-state index in [2.05, 4.69) is 29.6 Å². The topological polar surface area (TPSA) is 59.1 Å². The van der Waals surface area contributed by atoms with E-state index in [9.17, 15) is 8.42 Å². The maximum atomic E-state index is 12.8. The highest BCUT2D eigenvalue weighted by Gasteiger charge is 2.16. The molecule has 0 aliphatic rings. The van der Waals surface area contributed by atoms with E-state index in [0.29, 0.717) is 11.6 Å². The Morgan fingerprint density at radius 1 is 1.00 bits per heavy atom. The third kappa shape index (κ3) is 4.40. The van der Waals surface area contributed by atoms with E-state index in [1.54, 1.807) is 29.5 Å². The number of nitrogens with one attached hydrogen (secondary N) is 1. The number of rotatable bonds is 6. The summed E-state index contributed by atoms with van der Waals surface area (Å²) >= 11 is 1.63. The van der Waals surface area contributed by atoms with Crippen LogP contribution in [0.5, 0.6) is 0 Å². The number of anilines is 1. The van der Waals surface area contributed by atoms with Crippen LogP contribution in [0.2, 0.25) is 0 Å². The van der Waals surface area contributed by atoms with Crippen LogP contribution < -0.4 is 4.72 Å². The fourth-order valence-corrected chi connectivity index (χ4v) is 5.48. The molecule has 0 saturated heterocycles. The van der Waals surface area contributed by atoms with Crippen LogP contribution in [-0.4, -0.2) is 13.4 Å². The molecule has 0 bridgehead atoms. The van der Waals surface area contributed by atoms with Crippen LogP contribution in [0.25, 0.3) is 20.8 Å². The first-order chi connectivity index (χ1) is 14.3. The minimum absolute atomic E-state index is 0.268. The Hall–Kier alpha value is -2.70. The van der Waals surface area contributed by atoms with Crippen molar-refractivity contribution in [2.45, 2.75) is 32.1 Å². The van der Waals surface area contributed by atoms with Gasteiger partial charge < -0.3 is 0 Å². The molecule has 0 amide bonds. The minimum atomic E-state index is -3.64. The van der Waals surface area contributed by atoms with Crippen LogP contribution in [-0.2, 0) is 16.4 Å². The zero-order valence-electron chi connectivity index (χ0n) is 17.2. The van der Waals surface area contributed by atoms with E-state index >= 15 is 0 Å². The second-order valence-corrected chi connectivity index (χ2v) is 10.6. The van der Waals surface area contributed by atoms with Gasteiger partial charge in [-0.05, 0) is 72.9 Å². The first kappa shape index (κ1) is 20.6. The zero-order valence-corrected chi connectivity index (χ0v) is 18.8. The van der Waals surface area contributed by atoms with Crippen molar-refractivity contribution < 1.29 is 8.42 Å². The number of aryl methyl sites for hydroxylation is 1. The molecular weight excluding hydrogens is 412 g/mol. The molecule has 0 saturated carbocycles. The molecule has 1 N–H and O–H groups in total. The number of hydrogen-bond donors (Lipinski definition) is 1. The molecule has 4 nitrogen and oxygen atoms in total. The average Bonchev–Trinajstić information content (AvgIpc) is 3.13. The highest BCUT2D eigenvalue weighted by molar-refractivity contribution is 7.92. The smallest absolute Gasteiger partial charge is 0.261 e. The van der Waals surface area contributed by atoms with Gasteiger partial charge in [-0.25, -0.2) is 13.4 Å². The first-order valence-electron chi connectivity index (χ1n) is 9.90. The second kappa shape index (κ2) is 8.20. The lowest BCUT2D eigenvalue weighted by Crippen LogP contribution is -2.13. The Balaban J connectivity index is 1.57. The molecule has 0 radical (unpaired) electrons. The number of fused-ring (bicyclic) bond motifs is 1. The Morgan fingerprint density at radius 2 is 1.73 bits per heavy atom. The maximum Gasteiger partial charge on any atom is 0.261 e. The van der Waals surface area contributed by atoms with Crippen molar-refractivity contribution in [3.05, 3.63) is 77.9 Å². The summed E-state index contributed by atoms with van der Waals surface area (Å²) in [6.07, 6.45) is 0.931. The number of benzene rings is 3. The van der Waals surface area contributed by atoms with Gasteiger partial charge in [-0.1, -0.05) is 38.1 Å². The maximum absolute atomic E-state index is 12.8. The number of sulfonamides is 1. The van der Waals surface area contributed by atoms with Crippen molar-refractivity contribution in [3.8, 4) is 10.6 Å². The van der Waals surface area contributed by atoms with Gasteiger partial charge in [-0.2, -0.15) is 0 Å². The van der Waals surface area contributed by atoms with Crippen LogP contribution in [0.4, 0.5) is 5.69 Å². The standard InChI is InChI=1S/C24H24N2O2S2/c1-16(2)14-18-8-11-20(12-9-18)30(27,28)26-21-13-10-19(15-17(21)3)24-25-22-6-4-5-7-23(22)29-24/h4-13,15-16,26H,14H2,1-3H3. The van der Waals surface area contributed by atoms with Crippen LogP contribution >= 0.6 is 11.3 Å². The lowest BCUT2D eigenvalue weighted by atomic mass is 10.0. The highest BCUT2D eigenvalue weighted by atomic mass is 32.2. The van der Waals surface area contributed by atoms with Gasteiger partial charge in [0.2, 0.25) is 0 Å². The van der Waals surface area contributed by atoms with Crippen molar-refractivity contribution in [2.75, 3.05) is 4.72 Å². The van der Waals surface area contributed by atoms with Gasteiger partial charge in [0.1, 0.15) is 5.01 Å². The molecule has 0 fully saturated rings. The molecule has 0 spiro atoms. The molecular formula is C24H24N2O2S2. The summed E-state index contributed by atoms with van der Waals surface area (Å²) in [7, 11) is -3.64. The average molecular weight is 437 g/mol. The third-order valence-electron chi connectivity index (χ3n) is 4.89. The first-order valence-corrected chi connectivity index (χ1v) is 12.2. The zero-order chi connectivity index (χ0) is 21.3. The highest BCUT2D eigenvalue weighted by Crippen LogP contribution is 2.32. The van der Waals surface area contributed by atoms with Gasteiger partial charge in [0.15, 0.2) is 0 Å². The molecule has 0 unspecified atom stereocenters. The fraction of sp³-hybridized carbons (Fsp3) is 0.208. The lowest BCUT2D eigenvalue weighted by molar-refractivity contribution is 0.601. The molecule has 3 aromatic carbocycles. The van der Waals surface area contributed by atoms with Gasteiger partial charge in [0, 0.05) is 5.56 Å². The van der Waals surface area contributed by atoms with Crippen molar-refractivity contribution in [1.82, 2.24) is 4.98 Å². The summed E-state index contributed by atoms with van der Waals surface area (Å²) in [5, 5.41) is 0.925. The predicted octanol–water partition coefficient (Wildman–Crippen LogP) is 6.27. The van der Waals surface area contributed by atoms with E-state index < -0.39 is 10.0 Å². The molecule has 6 heteroatoms. The number of nitrogens with zero attached hydrogens (tertiary/aromatic N) is 1.